The maximum Gasteiger partial charge on any atom is 0.336 e. The van der Waals surface area contributed by atoms with Gasteiger partial charge in [-0.2, -0.15) is 0 Å². The number of quaternary nitrogens is 2. The monoisotopic (exact) mass is 400 g/mol. The topological polar surface area (TPSA) is 60.5 Å². The minimum atomic E-state index is -0.266. The van der Waals surface area contributed by atoms with Crippen LogP contribution in [0, 0.1) is 13.8 Å². The molecule has 1 aliphatic rings. The molecule has 1 fully saturated rings. The summed E-state index contributed by atoms with van der Waals surface area (Å²) in [6.45, 7) is 9.59. The van der Waals surface area contributed by atoms with Gasteiger partial charge in [0.15, 0.2) is 6.04 Å². The number of hydrogen-bond donors (Lipinski definition) is 2. The van der Waals surface area contributed by atoms with E-state index >= 15 is 0 Å². The van der Waals surface area contributed by atoms with Crippen LogP contribution in [0.15, 0.2) is 44.9 Å². The third-order valence-corrected chi connectivity index (χ3v) is 6.78. The van der Waals surface area contributed by atoms with E-state index in [1.165, 1.54) is 4.88 Å². The molecule has 0 bridgehead atoms. The fourth-order valence-corrected chi connectivity index (χ4v) is 4.95. The lowest BCUT2D eigenvalue weighted by Gasteiger charge is -2.30. The summed E-state index contributed by atoms with van der Waals surface area (Å²) in [5.41, 5.74) is 3.70. The first kappa shape index (κ1) is 19.3. The van der Waals surface area contributed by atoms with Crippen LogP contribution in [0.2, 0.25) is 0 Å². The minimum Gasteiger partial charge on any atom is -0.422 e. The van der Waals surface area contributed by atoms with E-state index in [0.29, 0.717) is 6.04 Å². The van der Waals surface area contributed by atoms with Crippen molar-refractivity contribution < 1.29 is 19.4 Å². The summed E-state index contributed by atoms with van der Waals surface area (Å²) in [5.74, 6) is 0. The highest BCUT2D eigenvalue weighted by Crippen LogP contribution is 2.22. The highest BCUT2D eigenvalue weighted by Gasteiger charge is 2.28. The van der Waals surface area contributed by atoms with Crippen LogP contribution in [0.25, 0.3) is 11.0 Å². The summed E-state index contributed by atoms with van der Waals surface area (Å²) in [6, 6.07) is 10.7. The van der Waals surface area contributed by atoms with Gasteiger partial charge in [0.05, 0.1) is 18.1 Å². The van der Waals surface area contributed by atoms with E-state index in [4.69, 9.17) is 9.15 Å². The van der Waals surface area contributed by atoms with Gasteiger partial charge in [-0.05, 0) is 36.4 Å². The predicted molar refractivity (Wildman–Crippen MR) is 111 cm³/mol. The number of aryl methyl sites for hydroxylation is 2. The number of ether oxygens (including phenoxy) is 1. The van der Waals surface area contributed by atoms with E-state index < -0.39 is 0 Å². The molecule has 1 saturated heterocycles. The zero-order chi connectivity index (χ0) is 19.5. The van der Waals surface area contributed by atoms with Crippen molar-refractivity contribution in [3.63, 3.8) is 0 Å². The van der Waals surface area contributed by atoms with Gasteiger partial charge in [-0.1, -0.05) is 18.2 Å². The Kier molecular flexibility index (Phi) is 5.92. The van der Waals surface area contributed by atoms with E-state index in [9.17, 15) is 4.79 Å². The van der Waals surface area contributed by atoms with Crippen molar-refractivity contribution in [2.75, 3.05) is 32.8 Å². The summed E-state index contributed by atoms with van der Waals surface area (Å²) in [5, 5.41) is 5.53. The average Bonchev–Trinajstić information content (AvgIpc) is 3.23. The SMILES string of the molecule is Cc1ccc2c(C[NH2+]C[C@H](c3cccs3)[NH+]3CCOCC3)cc(=O)oc2c1C. The molecule has 3 aromatic rings. The molecule has 1 atom stereocenters. The van der Waals surface area contributed by atoms with E-state index in [1.54, 1.807) is 11.0 Å². The molecule has 0 radical (unpaired) electrons. The number of benzene rings is 1. The van der Waals surface area contributed by atoms with Crippen molar-refractivity contribution in [3.8, 4) is 0 Å². The Morgan fingerprint density at radius 3 is 2.79 bits per heavy atom. The molecule has 3 heterocycles. The fraction of sp³-hybridized carbons (Fsp3) is 0.409. The molecule has 1 aliphatic heterocycles. The van der Waals surface area contributed by atoms with Crippen molar-refractivity contribution >= 4 is 22.3 Å². The lowest BCUT2D eigenvalue weighted by atomic mass is 10.0. The van der Waals surface area contributed by atoms with Gasteiger partial charge in [-0.25, -0.2) is 4.79 Å². The molecule has 5 nitrogen and oxygen atoms in total. The number of hydrogen-bond acceptors (Lipinski definition) is 4. The summed E-state index contributed by atoms with van der Waals surface area (Å²) in [7, 11) is 0. The Morgan fingerprint density at radius 1 is 1.21 bits per heavy atom. The molecule has 0 amide bonds. The Balaban J connectivity index is 1.53. The second-order valence-electron chi connectivity index (χ2n) is 7.54. The van der Waals surface area contributed by atoms with Gasteiger partial charge in [0, 0.05) is 17.0 Å². The molecule has 0 unspecified atom stereocenters. The lowest BCUT2D eigenvalue weighted by Crippen LogP contribution is -3.16. The molecule has 0 saturated carbocycles. The van der Waals surface area contributed by atoms with Gasteiger partial charge in [0.1, 0.15) is 31.8 Å². The van der Waals surface area contributed by atoms with Crippen molar-refractivity contribution in [3.05, 3.63) is 67.7 Å². The van der Waals surface area contributed by atoms with Gasteiger partial charge in [-0.15, -0.1) is 11.3 Å². The third kappa shape index (κ3) is 4.05. The van der Waals surface area contributed by atoms with Crippen molar-refractivity contribution in [2.45, 2.75) is 26.4 Å². The Bertz CT molecular complexity index is 991. The maximum atomic E-state index is 12.1. The van der Waals surface area contributed by atoms with Crippen LogP contribution < -0.4 is 15.8 Å². The summed E-state index contributed by atoms with van der Waals surface area (Å²) in [4.78, 5) is 15.1. The Morgan fingerprint density at radius 2 is 2.04 bits per heavy atom. The number of morpholine rings is 1. The molecule has 148 valence electrons. The van der Waals surface area contributed by atoms with Crippen molar-refractivity contribution in [1.29, 1.82) is 0 Å². The highest BCUT2D eigenvalue weighted by molar-refractivity contribution is 7.10. The van der Waals surface area contributed by atoms with E-state index in [0.717, 1.165) is 67.1 Å². The average molecular weight is 401 g/mol. The molecule has 0 aliphatic carbocycles. The highest BCUT2D eigenvalue weighted by atomic mass is 32.1. The van der Waals surface area contributed by atoms with Gasteiger partial charge >= 0.3 is 5.63 Å². The summed E-state index contributed by atoms with van der Waals surface area (Å²) >= 11 is 1.83. The summed E-state index contributed by atoms with van der Waals surface area (Å²) in [6.07, 6.45) is 0. The van der Waals surface area contributed by atoms with Crippen LogP contribution >= 0.6 is 11.3 Å². The Labute approximate surface area is 168 Å². The number of nitrogens with two attached hydrogens (primary N) is 1. The van der Waals surface area contributed by atoms with Crippen LogP contribution in [0.1, 0.15) is 27.6 Å². The molecular weight excluding hydrogens is 372 g/mol. The van der Waals surface area contributed by atoms with Crippen LogP contribution in [0.5, 0.6) is 0 Å². The van der Waals surface area contributed by atoms with E-state index in [2.05, 4.69) is 35.0 Å². The van der Waals surface area contributed by atoms with Crippen LogP contribution in [0.3, 0.4) is 0 Å². The van der Waals surface area contributed by atoms with Gasteiger partial charge < -0.3 is 19.4 Å². The molecule has 3 N–H and O–H groups in total. The molecule has 0 spiro atoms. The number of thiophene rings is 1. The first-order valence-electron chi connectivity index (χ1n) is 9.94. The minimum absolute atomic E-state index is 0.266. The first-order valence-corrected chi connectivity index (χ1v) is 10.8. The fourth-order valence-electron chi connectivity index (χ4n) is 4.05. The second kappa shape index (κ2) is 8.57. The molecule has 6 heteroatoms. The molecule has 1 aromatic carbocycles. The molecule has 4 rings (SSSR count). The van der Waals surface area contributed by atoms with E-state index in [-0.39, 0.29) is 5.63 Å². The molecule has 28 heavy (non-hydrogen) atoms. The van der Waals surface area contributed by atoms with Crippen LogP contribution in [-0.4, -0.2) is 32.8 Å². The lowest BCUT2D eigenvalue weighted by molar-refractivity contribution is -0.952. The zero-order valence-electron chi connectivity index (χ0n) is 16.5. The Hall–Kier alpha value is -1.99. The maximum absolute atomic E-state index is 12.1. The first-order chi connectivity index (χ1) is 13.6. The standard InChI is InChI=1S/C22H26N2O3S/c1-15-5-6-18-17(12-21(25)27-22(18)16(15)2)13-23-14-19(20-4-3-11-28-20)24-7-9-26-10-8-24/h3-6,11-12,19,23H,7-10,13-14H2,1-2H3/p+2/t19-/m1/s1. The van der Waals surface area contributed by atoms with Gasteiger partial charge in [0.2, 0.25) is 0 Å². The van der Waals surface area contributed by atoms with Crippen LogP contribution in [0.4, 0.5) is 0 Å². The second-order valence-corrected chi connectivity index (χ2v) is 8.52. The predicted octanol–water partition coefficient (Wildman–Crippen LogP) is 1.19. The normalized spacial score (nSPS) is 16.5. The number of fused-ring (bicyclic) bond motifs is 1. The number of rotatable bonds is 6. The zero-order valence-corrected chi connectivity index (χ0v) is 17.3. The van der Waals surface area contributed by atoms with Crippen molar-refractivity contribution in [2.24, 2.45) is 0 Å². The molecule has 2 aromatic heterocycles. The van der Waals surface area contributed by atoms with Gasteiger partial charge in [-0.3, -0.25) is 0 Å². The van der Waals surface area contributed by atoms with Crippen molar-refractivity contribution in [1.82, 2.24) is 0 Å². The number of nitrogens with one attached hydrogen (secondary N) is 1. The summed E-state index contributed by atoms with van der Waals surface area (Å²) < 4.78 is 11.1. The molecular formula is C22H28N2O3S+2. The van der Waals surface area contributed by atoms with Gasteiger partial charge in [0.25, 0.3) is 0 Å². The van der Waals surface area contributed by atoms with E-state index in [1.807, 2.05) is 25.2 Å². The smallest absolute Gasteiger partial charge is 0.336 e. The van der Waals surface area contributed by atoms with Crippen LogP contribution in [-0.2, 0) is 11.3 Å². The third-order valence-electron chi connectivity index (χ3n) is 5.80. The largest absolute Gasteiger partial charge is 0.422 e. The quantitative estimate of drug-likeness (QED) is 0.611.